The summed E-state index contributed by atoms with van der Waals surface area (Å²) in [6, 6.07) is -0.0528. The Morgan fingerprint density at radius 3 is 3.00 bits per heavy atom. The summed E-state index contributed by atoms with van der Waals surface area (Å²) in [4.78, 5) is 26.5. The molecular weight excluding hydrogens is 254 g/mol. The Morgan fingerprint density at radius 2 is 2.39 bits per heavy atom. The summed E-state index contributed by atoms with van der Waals surface area (Å²) >= 11 is 1.11. The van der Waals surface area contributed by atoms with Crippen molar-refractivity contribution in [1.29, 1.82) is 0 Å². The van der Waals surface area contributed by atoms with Gasteiger partial charge >= 0.3 is 5.97 Å². The standard InChI is InChI=1S/C11H15N3O3S/c1-7(10(17)13-8-2-3-8)14-5-4-12-11(14)18-6-9(15)16/h4-5,7-8H,2-3,6H2,1H3,(H,13,17)(H,15,16). The van der Waals surface area contributed by atoms with E-state index < -0.39 is 5.97 Å². The molecule has 2 rings (SSSR count). The van der Waals surface area contributed by atoms with Gasteiger partial charge < -0.3 is 15.0 Å². The van der Waals surface area contributed by atoms with Gasteiger partial charge in [0.15, 0.2) is 5.16 Å². The molecule has 7 heteroatoms. The summed E-state index contributed by atoms with van der Waals surface area (Å²) in [5.41, 5.74) is 0. The van der Waals surface area contributed by atoms with Crippen LogP contribution in [0.4, 0.5) is 0 Å². The van der Waals surface area contributed by atoms with Gasteiger partial charge in [-0.25, -0.2) is 4.98 Å². The first-order valence-electron chi connectivity index (χ1n) is 5.75. The molecule has 0 aromatic carbocycles. The number of rotatable bonds is 6. The highest BCUT2D eigenvalue weighted by atomic mass is 32.2. The van der Waals surface area contributed by atoms with E-state index >= 15 is 0 Å². The first-order valence-corrected chi connectivity index (χ1v) is 6.74. The monoisotopic (exact) mass is 269 g/mol. The minimum absolute atomic E-state index is 0.0484. The Kier molecular flexibility index (Phi) is 3.90. The van der Waals surface area contributed by atoms with Crippen molar-refractivity contribution in [3.8, 4) is 0 Å². The number of amides is 1. The van der Waals surface area contributed by atoms with Gasteiger partial charge in [0.2, 0.25) is 5.91 Å². The second-order valence-electron chi connectivity index (χ2n) is 4.26. The highest BCUT2D eigenvalue weighted by Gasteiger charge is 2.27. The summed E-state index contributed by atoms with van der Waals surface area (Å²) < 4.78 is 1.70. The lowest BCUT2D eigenvalue weighted by atomic mass is 10.3. The summed E-state index contributed by atoms with van der Waals surface area (Å²) in [6.45, 7) is 1.78. The molecule has 6 nitrogen and oxygen atoms in total. The molecule has 1 unspecified atom stereocenters. The maximum Gasteiger partial charge on any atom is 0.313 e. The lowest BCUT2D eigenvalue weighted by molar-refractivity contribution is -0.134. The van der Waals surface area contributed by atoms with Crippen molar-refractivity contribution in [3.05, 3.63) is 12.4 Å². The molecule has 1 saturated carbocycles. The van der Waals surface area contributed by atoms with Crippen LogP contribution in [0.25, 0.3) is 0 Å². The molecule has 0 bridgehead atoms. The van der Waals surface area contributed by atoms with Crippen molar-refractivity contribution >= 4 is 23.6 Å². The molecule has 1 aliphatic carbocycles. The van der Waals surface area contributed by atoms with Crippen LogP contribution in [0.3, 0.4) is 0 Å². The number of imidazole rings is 1. The fourth-order valence-electron chi connectivity index (χ4n) is 1.51. The zero-order valence-electron chi connectivity index (χ0n) is 10.00. The summed E-state index contributed by atoms with van der Waals surface area (Å²) in [5.74, 6) is -1.01. The SMILES string of the molecule is CC(C(=O)NC1CC1)n1ccnc1SCC(=O)O. The van der Waals surface area contributed by atoms with Gasteiger partial charge in [0, 0.05) is 18.4 Å². The third-order valence-corrected chi connectivity index (χ3v) is 3.64. The molecule has 1 fully saturated rings. The minimum Gasteiger partial charge on any atom is -0.481 e. The van der Waals surface area contributed by atoms with Crippen molar-refractivity contribution in [2.75, 3.05) is 5.75 Å². The molecule has 1 aromatic heterocycles. The van der Waals surface area contributed by atoms with E-state index in [0.717, 1.165) is 24.6 Å². The van der Waals surface area contributed by atoms with E-state index in [0.29, 0.717) is 11.2 Å². The lowest BCUT2D eigenvalue weighted by Gasteiger charge is -2.15. The molecule has 0 aliphatic heterocycles. The number of nitrogens with one attached hydrogen (secondary N) is 1. The second-order valence-corrected chi connectivity index (χ2v) is 5.20. The van der Waals surface area contributed by atoms with Gasteiger partial charge in [-0.3, -0.25) is 9.59 Å². The third kappa shape index (κ3) is 3.25. The average molecular weight is 269 g/mol. The summed E-state index contributed by atoms with van der Waals surface area (Å²) in [7, 11) is 0. The van der Waals surface area contributed by atoms with Crippen LogP contribution in [0.5, 0.6) is 0 Å². The molecule has 0 radical (unpaired) electrons. The number of carbonyl (C=O) groups excluding carboxylic acids is 1. The zero-order valence-corrected chi connectivity index (χ0v) is 10.8. The van der Waals surface area contributed by atoms with Crippen molar-refractivity contribution in [3.63, 3.8) is 0 Å². The molecule has 18 heavy (non-hydrogen) atoms. The van der Waals surface area contributed by atoms with E-state index in [1.807, 2.05) is 0 Å². The first-order chi connectivity index (χ1) is 8.58. The first kappa shape index (κ1) is 12.9. The normalized spacial score (nSPS) is 16.3. The highest BCUT2D eigenvalue weighted by molar-refractivity contribution is 7.99. The van der Waals surface area contributed by atoms with Crippen LogP contribution in [0.1, 0.15) is 25.8 Å². The van der Waals surface area contributed by atoms with Gasteiger partial charge in [0.1, 0.15) is 6.04 Å². The second kappa shape index (κ2) is 5.43. The van der Waals surface area contributed by atoms with Crippen LogP contribution < -0.4 is 5.32 Å². The van der Waals surface area contributed by atoms with Gasteiger partial charge in [-0.1, -0.05) is 11.8 Å². The minimum atomic E-state index is -0.898. The van der Waals surface area contributed by atoms with Gasteiger partial charge in [-0.15, -0.1) is 0 Å². The van der Waals surface area contributed by atoms with Crippen LogP contribution in [-0.2, 0) is 9.59 Å². The molecule has 0 spiro atoms. The molecule has 98 valence electrons. The molecule has 1 aromatic rings. The molecule has 0 saturated heterocycles. The molecule has 1 heterocycles. The van der Waals surface area contributed by atoms with Crippen LogP contribution >= 0.6 is 11.8 Å². The highest BCUT2D eigenvalue weighted by Crippen LogP contribution is 2.23. The van der Waals surface area contributed by atoms with Gasteiger partial charge in [0.25, 0.3) is 0 Å². The lowest BCUT2D eigenvalue weighted by Crippen LogP contribution is -2.32. The van der Waals surface area contributed by atoms with Crippen molar-refractivity contribution in [2.24, 2.45) is 0 Å². The predicted octanol–water partition coefficient (Wildman–Crippen LogP) is 0.899. The average Bonchev–Trinajstić information content (AvgIpc) is 3.01. The fraction of sp³-hybridized carbons (Fsp3) is 0.545. The number of carboxylic acids is 1. The van der Waals surface area contributed by atoms with E-state index in [1.54, 1.807) is 23.9 Å². The Morgan fingerprint density at radius 1 is 1.67 bits per heavy atom. The number of nitrogens with zero attached hydrogens (tertiary/aromatic N) is 2. The van der Waals surface area contributed by atoms with E-state index in [-0.39, 0.29) is 17.7 Å². The number of aliphatic carboxylic acids is 1. The quantitative estimate of drug-likeness (QED) is 0.750. The summed E-state index contributed by atoms with van der Waals surface area (Å²) in [6.07, 6.45) is 5.36. The van der Waals surface area contributed by atoms with E-state index in [2.05, 4.69) is 10.3 Å². The Bertz CT molecular complexity index is 456. The maximum atomic E-state index is 11.9. The zero-order chi connectivity index (χ0) is 13.1. The van der Waals surface area contributed by atoms with Crippen LogP contribution in [0, 0.1) is 0 Å². The van der Waals surface area contributed by atoms with Gasteiger partial charge in [0.05, 0.1) is 5.75 Å². The van der Waals surface area contributed by atoms with Crippen LogP contribution in [-0.4, -0.2) is 38.3 Å². The number of carbonyl (C=O) groups is 2. The molecule has 1 atom stereocenters. The number of aromatic nitrogens is 2. The number of thioether (sulfide) groups is 1. The number of carboxylic acid groups (broad SMARTS) is 1. The van der Waals surface area contributed by atoms with E-state index in [4.69, 9.17) is 5.11 Å². The van der Waals surface area contributed by atoms with Gasteiger partial charge in [-0.2, -0.15) is 0 Å². The van der Waals surface area contributed by atoms with Crippen molar-refractivity contribution in [1.82, 2.24) is 14.9 Å². The van der Waals surface area contributed by atoms with Crippen LogP contribution in [0.15, 0.2) is 17.6 Å². The molecule has 1 amide bonds. The molecular formula is C11H15N3O3S. The smallest absolute Gasteiger partial charge is 0.313 e. The Hall–Kier alpha value is -1.50. The van der Waals surface area contributed by atoms with E-state index in [1.165, 1.54) is 0 Å². The topological polar surface area (TPSA) is 84.2 Å². The molecule has 1 aliphatic rings. The predicted molar refractivity (Wildman–Crippen MR) is 66.5 cm³/mol. The van der Waals surface area contributed by atoms with Gasteiger partial charge in [-0.05, 0) is 19.8 Å². The van der Waals surface area contributed by atoms with E-state index in [9.17, 15) is 9.59 Å². The fourth-order valence-corrected chi connectivity index (χ4v) is 2.26. The van der Waals surface area contributed by atoms with Crippen LogP contribution in [0.2, 0.25) is 0 Å². The maximum absolute atomic E-state index is 11.9. The third-order valence-electron chi connectivity index (χ3n) is 2.68. The number of hydrogen-bond donors (Lipinski definition) is 2. The van der Waals surface area contributed by atoms with Crippen molar-refractivity contribution in [2.45, 2.75) is 37.0 Å². The number of hydrogen-bond acceptors (Lipinski definition) is 4. The Labute approximate surface area is 109 Å². The van der Waals surface area contributed by atoms with Crippen molar-refractivity contribution < 1.29 is 14.7 Å². The Balaban J connectivity index is 1.99. The molecule has 2 N–H and O–H groups in total. The summed E-state index contributed by atoms with van der Waals surface area (Å²) in [5, 5.41) is 12.1. The largest absolute Gasteiger partial charge is 0.481 e.